The smallest absolute Gasteiger partial charge is 0.140 e. The molecule has 2 aromatic carbocycles. The fraction of sp³-hybridized carbons (Fsp3) is 0.188. The van der Waals surface area contributed by atoms with Crippen LogP contribution in [0.1, 0.15) is 23.5 Å². The van der Waals surface area contributed by atoms with Crippen LogP contribution in [0.15, 0.2) is 42.5 Å². The van der Waals surface area contributed by atoms with Crippen LogP contribution in [-0.2, 0) is 6.61 Å². The summed E-state index contributed by atoms with van der Waals surface area (Å²) < 4.78 is 20.5. The van der Waals surface area contributed by atoms with Gasteiger partial charge in [0.05, 0.1) is 10.2 Å². The zero-order valence-electron chi connectivity index (χ0n) is 11.5. The minimum absolute atomic E-state index is 0.330. The van der Waals surface area contributed by atoms with Gasteiger partial charge in [-0.05, 0) is 25.1 Å². The first-order valence-electron chi connectivity index (χ1n) is 6.66. The van der Waals surface area contributed by atoms with Crippen LogP contribution in [0.25, 0.3) is 10.2 Å². The van der Waals surface area contributed by atoms with Gasteiger partial charge < -0.3 is 10.5 Å². The van der Waals surface area contributed by atoms with E-state index in [2.05, 4.69) is 4.98 Å². The summed E-state index contributed by atoms with van der Waals surface area (Å²) in [5.41, 5.74) is 7.13. The Morgan fingerprint density at radius 1 is 1.29 bits per heavy atom. The summed E-state index contributed by atoms with van der Waals surface area (Å²) in [6, 6.07) is 12.3. The van der Waals surface area contributed by atoms with Gasteiger partial charge in [0.1, 0.15) is 23.2 Å². The number of nitrogens with zero attached hydrogens (tertiary/aromatic N) is 1. The molecule has 21 heavy (non-hydrogen) atoms. The maximum atomic E-state index is 13.8. The van der Waals surface area contributed by atoms with E-state index in [1.54, 1.807) is 30.4 Å². The molecule has 108 valence electrons. The summed E-state index contributed by atoms with van der Waals surface area (Å²) >= 11 is 1.58. The molecule has 1 aromatic heterocycles. The SMILES string of the molecule is CC(N)c1ccc(OCc2nc3ccccc3s2)cc1F. The third-order valence-corrected chi connectivity index (χ3v) is 4.17. The molecule has 1 atom stereocenters. The number of aromatic nitrogens is 1. The number of para-hydroxylation sites is 1. The predicted octanol–water partition coefficient (Wildman–Crippen LogP) is 4.03. The number of ether oxygens (including phenoxy) is 1. The molecule has 0 aliphatic rings. The van der Waals surface area contributed by atoms with Gasteiger partial charge in [0.2, 0.25) is 0 Å². The number of hydrogen-bond acceptors (Lipinski definition) is 4. The first kappa shape index (κ1) is 14.0. The molecule has 1 heterocycles. The van der Waals surface area contributed by atoms with Crippen molar-refractivity contribution in [3.8, 4) is 5.75 Å². The van der Waals surface area contributed by atoms with Gasteiger partial charge in [-0.3, -0.25) is 0 Å². The third-order valence-electron chi connectivity index (χ3n) is 3.16. The third kappa shape index (κ3) is 3.04. The predicted molar refractivity (Wildman–Crippen MR) is 83.0 cm³/mol. The maximum absolute atomic E-state index is 13.8. The van der Waals surface area contributed by atoms with E-state index in [0.717, 1.165) is 15.2 Å². The van der Waals surface area contributed by atoms with Crippen molar-refractivity contribution in [3.05, 3.63) is 58.9 Å². The zero-order valence-corrected chi connectivity index (χ0v) is 12.4. The van der Waals surface area contributed by atoms with Crippen molar-refractivity contribution in [3.63, 3.8) is 0 Å². The monoisotopic (exact) mass is 302 g/mol. The number of thiazole rings is 1. The van der Waals surface area contributed by atoms with Crippen molar-refractivity contribution in [1.29, 1.82) is 0 Å². The van der Waals surface area contributed by atoms with Gasteiger partial charge in [0, 0.05) is 17.7 Å². The van der Waals surface area contributed by atoms with Gasteiger partial charge in [-0.2, -0.15) is 0 Å². The molecule has 3 aromatic rings. The molecule has 3 rings (SSSR count). The fourth-order valence-corrected chi connectivity index (χ4v) is 2.97. The second-order valence-electron chi connectivity index (χ2n) is 4.84. The van der Waals surface area contributed by atoms with Gasteiger partial charge >= 0.3 is 0 Å². The van der Waals surface area contributed by atoms with Crippen LogP contribution in [0, 0.1) is 5.82 Å². The molecule has 0 radical (unpaired) electrons. The Morgan fingerprint density at radius 2 is 2.10 bits per heavy atom. The first-order chi connectivity index (χ1) is 10.1. The van der Waals surface area contributed by atoms with Crippen LogP contribution in [0.4, 0.5) is 4.39 Å². The Labute approximate surface area is 126 Å². The number of fused-ring (bicyclic) bond motifs is 1. The van der Waals surface area contributed by atoms with Crippen molar-refractivity contribution in [2.75, 3.05) is 0 Å². The van der Waals surface area contributed by atoms with Crippen LogP contribution in [-0.4, -0.2) is 4.98 Å². The lowest BCUT2D eigenvalue weighted by Gasteiger charge is -2.09. The second-order valence-corrected chi connectivity index (χ2v) is 5.95. The molecular formula is C16H15FN2OS. The highest BCUT2D eigenvalue weighted by molar-refractivity contribution is 7.18. The summed E-state index contributed by atoms with van der Waals surface area (Å²) in [5, 5.41) is 0.868. The Morgan fingerprint density at radius 3 is 2.81 bits per heavy atom. The lowest BCUT2D eigenvalue weighted by atomic mass is 10.1. The molecule has 2 N–H and O–H groups in total. The van der Waals surface area contributed by atoms with Crippen LogP contribution in [0.2, 0.25) is 0 Å². The van der Waals surface area contributed by atoms with Crippen molar-refractivity contribution in [2.24, 2.45) is 5.73 Å². The van der Waals surface area contributed by atoms with Gasteiger partial charge in [0.25, 0.3) is 0 Å². The van der Waals surface area contributed by atoms with Crippen LogP contribution in [0.3, 0.4) is 0 Å². The molecule has 1 unspecified atom stereocenters. The van der Waals surface area contributed by atoms with Gasteiger partial charge in [-0.1, -0.05) is 18.2 Å². The molecule has 0 bridgehead atoms. The highest BCUT2D eigenvalue weighted by atomic mass is 32.1. The van der Waals surface area contributed by atoms with E-state index in [1.807, 2.05) is 24.3 Å². The highest BCUT2D eigenvalue weighted by Gasteiger charge is 2.09. The topological polar surface area (TPSA) is 48.1 Å². The van der Waals surface area contributed by atoms with Crippen molar-refractivity contribution in [2.45, 2.75) is 19.6 Å². The normalized spacial score (nSPS) is 12.5. The van der Waals surface area contributed by atoms with E-state index in [-0.39, 0.29) is 11.9 Å². The second kappa shape index (κ2) is 5.79. The number of nitrogens with two attached hydrogens (primary N) is 1. The molecular weight excluding hydrogens is 287 g/mol. The van der Waals surface area contributed by atoms with E-state index in [0.29, 0.717) is 17.9 Å². The van der Waals surface area contributed by atoms with Gasteiger partial charge in [-0.15, -0.1) is 11.3 Å². The van der Waals surface area contributed by atoms with E-state index >= 15 is 0 Å². The number of halogens is 1. The van der Waals surface area contributed by atoms with E-state index < -0.39 is 0 Å². The number of benzene rings is 2. The summed E-state index contributed by atoms with van der Waals surface area (Å²) in [5.74, 6) is 0.142. The van der Waals surface area contributed by atoms with E-state index in [4.69, 9.17) is 10.5 Å². The van der Waals surface area contributed by atoms with Crippen molar-refractivity contribution >= 4 is 21.6 Å². The first-order valence-corrected chi connectivity index (χ1v) is 7.47. The van der Waals surface area contributed by atoms with Crippen molar-refractivity contribution in [1.82, 2.24) is 4.98 Å². The lowest BCUT2D eigenvalue weighted by Crippen LogP contribution is -2.07. The Bertz CT molecular complexity index is 737. The van der Waals surface area contributed by atoms with Crippen molar-refractivity contribution < 1.29 is 9.13 Å². The summed E-state index contributed by atoms with van der Waals surface area (Å²) in [4.78, 5) is 4.48. The lowest BCUT2D eigenvalue weighted by molar-refractivity contribution is 0.304. The van der Waals surface area contributed by atoms with Crippen LogP contribution >= 0.6 is 11.3 Å². The van der Waals surface area contributed by atoms with Gasteiger partial charge in [-0.25, -0.2) is 9.37 Å². The molecule has 5 heteroatoms. The quantitative estimate of drug-likeness (QED) is 0.791. The van der Waals surface area contributed by atoms with E-state index in [9.17, 15) is 4.39 Å². The Kier molecular flexibility index (Phi) is 3.86. The average molecular weight is 302 g/mol. The molecule has 3 nitrogen and oxygen atoms in total. The minimum Gasteiger partial charge on any atom is -0.486 e. The maximum Gasteiger partial charge on any atom is 0.140 e. The molecule has 0 saturated heterocycles. The van der Waals surface area contributed by atoms with Crippen LogP contribution in [0.5, 0.6) is 5.75 Å². The molecule has 0 fully saturated rings. The molecule has 0 aliphatic carbocycles. The summed E-state index contributed by atoms with van der Waals surface area (Å²) in [6.07, 6.45) is 0. The fourth-order valence-electron chi connectivity index (χ4n) is 2.09. The molecule has 0 amide bonds. The van der Waals surface area contributed by atoms with E-state index in [1.165, 1.54) is 6.07 Å². The Hall–Kier alpha value is -1.98. The zero-order chi connectivity index (χ0) is 14.8. The van der Waals surface area contributed by atoms with Gasteiger partial charge in [0.15, 0.2) is 0 Å². The standard InChI is InChI=1S/C16H15FN2OS/c1-10(18)12-7-6-11(8-13(12)17)20-9-16-19-14-4-2-3-5-15(14)21-16/h2-8,10H,9,18H2,1H3. The molecule has 0 spiro atoms. The number of hydrogen-bond donors (Lipinski definition) is 1. The largest absolute Gasteiger partial charge is 0.486 e. The summed E-state index contributed by atoms with van der Waals surface area (Å²) in [6.45, 7) is 2.08. The number of rotatable bonds is 4. The molecule has 0 saturated carbocycles. The minimum atomic E-state index is -0.341. The highest BCUT2D eigenvalue weighted by Crippen LogP contribution is 2.24. The molecule has 0 aliphatic heterocycles. The average Bonchev–Trinajstić information content (AvgIpc) is 2.87. The van der Waals surface area contributed by atoms with Crippen LogP contribution < -0.4 is 10.5 Å². The summed E-state index contributed by atoms with van der Waals surface area (Å²) in [7, 11) is 0. The Balaban J connectivity index is 1.74.